The molecule has 156 valence electrons. The minimum atomic E-state index is -0.583. The van der Waals surface area contributed by atoms with Gasteiger partial charge >= 0.3 is 6.03 Å². The predicted octanol–water partition coefficient (Wildman–Crippen LogP) is 4.14. The normalized spacial score (nSPS) is 13.6. The number of rotatable bonds is 6. The van der Waals surface area contributed by atoms with Crippen molar-refractivity contribution in [1.29, 1.82) is 0 Å². The highest BCUT2D eigenvalue weighted by Crippen LogP contribution is 2.29. The fourth-order valence-electron chi connectivity index (χ4n) is 3.13. The van der Waals surface area contributed by atoms with Gasteiger partial charge in [-0.3, -0.25) is 10.2 Å². The van der Waals surface area contributed by atoms with Gasteiger partial charge in [-0.25, -0.2) is 14.8 Å². The number of pyridine rings is 2. The summed E-state index contributed by atoms with van der Waals surface area (Å²) >= 11 is 2.16. The molecule has 3 rings (SSSR count). The van der Waals surface area contributed by atoms with Gasteiger partial charge in [0.2, 0.25) is 6.29 Å². The number of anilines is 2. The smallest absolute Gasteiger partial charge is 0.328 e. The second kappa shape index (κ2) is 9.68. The summed E-state index contributed by atoms with van der Waals surface area (Å²) in [6, 6.07) is 5.29. The Bertz CT molecular complexity index is 874. The third-order valence-corrected chi connectivity index (χ3v) is 5.20. The molecule has 29 heavy (non-hydrogen) atoms. The number of aryl methyl sites for hydroxylation is 1. The van der Waals surface area contributed by atoms with Crippen LogP contribution in [-0.2, 0) is 15.9 Å². The quantitative estimate of drug-likeness (QED) is 0.463. The lowest BCUT2D eigenvalue weighted by Gasteiger charge is -2.29. The van der Waals surface area contributed by atoms with Gasteiger partial charge in [0.25, 0.3) is 0 Å². The number of ether oxygens (including phenoxy) is 3. The van der Waals surface area contributed by atoms with E-state index in [2.05, 4.69) is 37.9 Å². The molecule has 1 N–H and O–H groups in total. The molecule has 0 unspecified atom stereocenters. The molecule has 1 aliphatic rings. The molecule has 0 atom stereocenters. The fraction of sp³-hybridized carbons (Fsp3) is 0.450. The number of hydrogen-bond donors (Lipinski definition) is 1. The molecule has 0 aliphatic carbocycles. The number of carbonyl (C=O) groups excluding carboxylic acids is 1. The predicted molar refractivity (Wildman–Crippen MR) is 118 cm³/mol. The van der Waals surface area contributed by atoms with Gasteiger partial charge in [-0.2, -0.15) is 0 Å². The first-order valence-corrected chi connectivity index (χ1v) is 10.5. The zero-order chi connectivity index (χ0) is 21.0. The molecule has 0 fully saturated rings. The zero-order valence-corrected chi connectivity index (χ0v) is 19.1. The first-order valence-electron chi connectivity index (χ1n) is 9.39. The van der Waals surface area contributed by atoms with E-state index in [1.54, 1.807) is 31.4 Å². The maximum Gasteiger partial charge on any atom is 0.328 e. The Hall–Kier alpha value is -1.98. The molecule has 3 heterocycles. The van der Waals surface area contributed by atoms with E-state index in [4.69, 9.17) is 14.2 Å². The third-order valence-electron chi connectivity index (χ3n) is 4.39. The lowest BCUT2D eigenvalue weighted by atomic mass is 10.1. The number of fused-ring (bicyclic) bond motifs is 1. The SMILES string of the molecule is COC(OC)c1ccc2c(n1)N(C(=O)Nc1cc(OC(C)C)c(I)cn1)CCC2. The van der Waals surface area contributed by atoms with Crippen LogP contribution in [0.2, 0.25) is 0 Å². The van der Waals surface area contributed by atoms with E-state index >= 15 is 0 Å². The van der Waals surface area contributed by atoms with Crippen LogP contribution in [0.4, 0.5) is 16.4 Å². The molecule has 2 aromatic heterocycles. The van der Waals surface area contributed by atoms with Crippen molar-refractivity contribution in [3.05, 3.63) is 39.2 Å². The summed E-state index contributed by atoms with van der Waals surface area (Å²) in [7, 11) is 3.11. The molecular weight excluding hydrogens is 487 g/mol. The number of carbonyl (C=O) groups is 1. The maximum absolute atomic E-state index is 13.0. The second-order valence-corrected chi connectivity index (χ2v) is 8.04. The lowest BCUT2D eigenvalue weighted by molar-refractivity contribution is -0.108. The average molecular weight is 512 g/mol. The van der Waals surface area contributed by atoms with Gasteiger partial charge in [-0.15, -0.1) is 0 Å². The molecular formula is C20H25IN4O4. The van der Waals surface area contributed by atoms with Crippen LogP contribution in [0.25, 0.3) is 0 Å². The van der Waals surface area contributed by atoms with E-state index in [0.717, 1.165) is 22.0 Å². The monoisotopic (exact) mass is 512 g/mol. The molecule has 0 bridgehead atoms. The summed E-state index contributed by atoms with van der Waals surface area (Å²) in [5.74, 6) is 1.74. The molecule has 0 spiro atoms. The Morgan fingerprint density at radius 1 is 1.28 bits per heavy atom. The highest BCUT2D eigenvalue weighted by molar-refractivity contribution is 14.1. The Morgan fingerprint density at radius 3 is 2.72 bits per heavy atom. The molecule has 0 saturated carbocycles. The molecule has 9 heteroatoms. The highest BCUT2D eigenvalue weighted by atomic mass is 127. The Balaban J connectivity index is 1.83. The number of nitrogens with zero attached hydrogens (tertiary/aromatic N) is 3. The van der Waals surface area contributed by atoms with Crippen molar-refractivity contribution in [2.45, 2.75) is 39.1 Å². The van der Waals surface area contributed by atoms with Gasteiger partial charge in [0.15, 0.2) is 0 Å². The Morgan fingerprint density at radius 2 is 2.03 bits per heavy atom. The number of amides is 2. The minimum Gasteiger partial charge on any atom is -0.490 e. The van der Waals surface area contributed by atoms with Gasteiger partial charge in [0.1, 0.15) is 17.4 Å². The molecule has 2 amide bonds. The van der Waals surface area contributed by atoms with Gasteiger partial charge in [-0.1, -0.05) is 6.07 Å². The van der Waals surface area contributed by atoms with Crippen molar-refractivity contribution in [2.24, 2.45) is 0 Å². The molecule has 0 radical (unpaired) electrons. The van der Waals surface area contributed by atoms with E-state index in [1.807, 2.05) is 26.0 Å². The number of nitrogens with one attached hydrogen (secondary N) is 1. The van der Waals surface area contributed by atoms with Crippen LogP contribution in [0.3, 0.4) is 0 Å². The maximum atomic E-state index is 13.0. The molecule has 1 aliphatic heterocycles. The van der Waals surface area contributed by atoms with E-state index in [1.165, 1.54) is 0 Å². The van der Waals surface area contributed by atoms with Crippen molar-refractivity contribution in [1.82, 2.24) is 9.97 Å². The van der Waals surface area contributed by atoms with Crippen LogP contribution >= 0.6 is 22.6 Å². The standard InChI is InChI=1S/C20H25IN4O4/c1-12(2)29-16-10-17(22-11-14(16)21)24-20(26)25-9-5-6-13-7-8-15(23-18(13)25)19(27-3)28-4/h7-8,10-12,19H,5-6,9H2,1-4H3,(H,22,24,26). The van der Waals surface area contributed by atoms with Crippen LogP contribution in [0.1, 0.15) is 37.8 Å². The number of urea groups is 1. The van der Waals surface area contributed by atoms with E-state index in [9.17, 15) is 4.79 Å². The molecule has 8 nitrogen and oxygen atoms in total. The van der Waals surface area contributed by atoms with E-state index < -0.39 is 6.29 Å². The van der Waals surface area contributed by atoms with Gasteiger partial charge in [0, 0.05) is 33.0 Å². The molecule has 0 saturated heterocycles. The Kier molecular flexibility index (Phi) is 7.25. The van der Waals surface area contributed by atoms with Crippen molar-refractivity contribution >= 4 is 40.3 Å². The zero-order valence-electron chi connectivity index (χ0n) is 16.9. The number of halogens is 1. The number of methoxy groups -OCH3 is 2. The molecule has 2 aromatic rings. The first-order chi connectivity index (χ1) is 13.9. The third kappa shape index (κ3) is 5.14. The van der Waals surface area contributed by atoms with Crippen LogP contribution in [0, 0.1) is 3.57 Å². The van der Waals surface area contributed by atoms with E-state index in [-0.39, 0.29) is 12.1 Å². The number of hydrogen-bond acceptors (Lipinski definition) is 6. The lowest BCUT2D eigenvalue weighted by Crippen LogP contribution is -2.39. The second-order valence-electron chi connectivity index (χ2n) is 6.87. The number of aromatic nitrogens is 2. The van der Waals surface area contributed by atoms with Crippen LogP contribution in [0.5, 0.6) is 5.75 Å². The van der Waals surface area contributed by atoms with Gasteiger partial charge in [-0.05, 0) is 60.9 Å². The molecule has 0 aromatic carbocycles. The summed E-state index contributed by atoms with van der Waals surface area (Å²) in [6.45, 7) is 4.48. The van der Waals surface area contributed by atoms with E-state index in [0.29, 0.717) is 29.6 Å². The summed E-state index contributed by atoms with van der Waals surface area (Å²) in [5, 5.41) is 2.86. The van der Waals surface area contributed by atoms with Crippen LogP contribution in [-0.4, -0.2) is 42.9 Å². The highest BCUT2D eigenvalue weighted by Gasteiger charge is 2.26. The first kappa shape index (κ1) is 21.7. The van der Waals surface area contributed by atoms with Crippen LogP contribution in [0.15, 0.2) is 24.4 Å². The minimum absolute atomic E-state index is 0.0283. The summed E-state index contributed by atoms with van der Waals surface area (Å²) < 4.78 is 17.3. The largest absolute Gasteiger partial charge is 0.490 e. The van der Waals surface area contributed by atoms with Crippen molar-refractivity contribution in [2.75, 3.05) is 31.0 Å². The summed E-state index contributed by atoms with van der Waals surface area (Å²) in [6.07, 6.45) is 2.85. The summed E-state index contributed by atoms with van der Waals surface area (Å²) in [4.78, 5) is 23.6. The van der Waals surface area contributed by atoms with Crippen molar-refractivity contribution in [3.63, 3.8) is 0 Å². The van der Waals surface area contributed by atoms with Gasteiger partial charge < -0.3 is 14.2 Å². The van der Waals surface area contributed by atoms with Crippen LogP contribution < -0.4 is 15.0 Å². The fourth-order valence-corrected chi connectivity index (χ4v) is 3.55. The van der Waals surface area contributed by atoms with Crippen molar-refractivity contribution < 1.29 is 19.0 Å². The topological polar surface area (TPSA) is 85.8 Å². The summed E-state index contributed by atoms with van der Waals surface area (Å²) in [5.41, 5.74) is 1.63. The Labute approximate surface area is 184 Å². The van der Waals surface area contributed by atoms with Gasteiger partial charge in [0.05, 0.1) is 15.4 Å². The van der Waals surface area contributed by atoms with Crippen molar-refractivity contribution in [3.8, 4) is 5.75 Å². The average Bonchev–Trinajstić information content (AvgIpc) is 2.70.